The van der Waals surface area contributed by atoms with Crippen LogP contribution in [0.1, 0.15) is 40.2 Å². The summed E-state index contributed by atoms with van der Waals surface area (Å²) in [4.78, 5) is 8.51. The van der Waals surface area contributed by atoms with Gasteiger partial charge in [0.2, 0.25) is 5.95 Å². The average Bonchev–Trinajstić information content (AvgIpc) is 2.14. The molecule has 0 aliphatic rings. The number of nitrogens with one attached hydrogen (secondary N) is 2. The van der Waals surface area contributed by atoms with E-state index in [0.717, 1.165) is 12.1 Å². The Morgan fingerprint density at radius 3 is 2.19 bits per heavy atom. The fourth-order valence-electron chi connectivity index (χ4n) is 1.15. The molecule has 0 aromatic carbocycles. The molecule has 1 aromatic heterocycles. The molecule has 0 aliphatic carbocycles. The first-order valence-electron chi connectivity index (χ1n) is 5.69. The quantitative estimate of drug-likeness (QED) is 0.820. The molecule has 0 amide bonds. The van der Waals surface area contributed by atoms with E-state index in [4.69, 9.17) is 0 Å². The minimum absolute atomic E-state index is 0.120. The van der Waals surface area contributed by atoms with E-state index in [-0.39, 0.29) is 5.54 Å². The predicted molar refractivity (Wildman–Crippen MR) is 67.4 cm³/mol. The lowest BCUT2D eigenvalue weighted by atomic mass is 10.1. The van der Waals surface area contributed by atoms with E-state index in [2.05, 4.69) is 55.2 Å². The molecule has 1 aromatic rings. The molecule has 0 unspecified atom stereocenters. The maximum atomic E-state index is 4.26. The highest BCUT2D eigenvalue weighted by Gasteiger charge is 2.08. The van der Waals surface area contributed by atoms with Gasteiger partial charge in [0.05, 0.1) is 0 Å². The molecule has 0 bridgehead atoms. The van der Waals surface area contributed by atoms with E-state index in [9.17, 15) is 0 Å². The Bertz CT molecular complexity index is 311. The summed E-state index contributed by atoms with van der Waals surface area (Å²) >= 11 is 0. The maximum absolute atomic E-state index is 4.26. The Morgan fingerprint density at radius 2 is 1.75 bits per heavy atom. The van der Waals surface area contributed by atoms with Gasteiger partial charge < -0.3 is 10.6 Å². The topological polar surface area (TPSA) is 49.8 Å². The molecule has 0 saturated carbocycles. The Hall–Kier alpha value is -1.16. The van der Waals surface area contributed by atoms with Crippen LogP contribution in [0.4, 0.5) is 5.95 Å². The zero-order valence-electron chi connectivity index (χ0n) is 10.8. The summed E-state index contributed by atoms with van der Waals surface area (Å²) in [6.07, 6.45) is 3.72. The zero-order chi connectivity index (χ0) is 12.2. The van der Waals surface area contributed by atoms with E-state index < -0.39 is 0 Å². The van der Waals surface area contributed by atoms with Gasteiger partial charge in [0.15, 0.2) is 0 Å². The highest BCUT2D eigenvalue weighted by Crippen LogP contribution is 2.04. The van der Waals surface area contributed by atoms with Crippen LogP contribution in [0.3, 0.4) is 0 Å². The van der Waals surface area contributed by atoms with Crippen molar-refractivity contribution in [3.63, 3.8) is 0 Å². The standard InChI is InChI=1S/C12H22N4/c1-9(2)16-11-13-6-10(7-14-11)8-15-12(3,4)5/h6-7,9,15H,8H2,1-5H3,(H,13,14,16). The van der Waals surface area contributed by atoms with Crippen LogP contribution in [0, 0.1) is 0 Å². The molecule has 0 saturated heterocycles. The average molecular weight is 222 g/mol. The molecule has 1 rings (SSSR count). The highest BCUT2D eigenvalue weighted by molar-refractivity contribution is 5.25. The summed E-state index contributed by atoms with van der Waals surface area (Å²) in [5.74, 6) is 0.689. The number of anilines is 1. The van der Waals surface area contributed by atoms with Crippen molar-refractivity contribution in [1.29, 1.82) is 0 Å². The normalized spacial score (nSPS) is 11.9. The molecule has 0 atom stereocenters. The first-order valence-corrected chi connectivity index (χ1v) is 5.69. The summed E-state index contributed by atoms with van der Waals surface area (Å²) in [5, 5.41) is 6.56. The third-order valence-corrected chi connectivity index (χ3v) is 1.95. The maximum Gasteiger partial charge on any atom is 0.222 e. The Morgan fingerprint density at radius 1 is 1.19 bits per heavy atom. The summed E-state index contributed by atoms with van der Waals surface area (Å²) in [5.41, 5.74) is 1.22. The van der Waals surface area contributed by atoms with Crippen LogP contribution in [-0.2, 0) is 6.54 Å². The molecule has 0 fully saturated rings. The van der Waals surface area contributed by atoms with Crippen molar-refractivity contribution < 1.29 is 0 Å². The SMILES string of the molecule is CC(C)Nc1ncc(CNC(C)(C)C)cn1. The lowest BCUT2D eigenvalue weighted by Crippen LogP contribution is -2.35. The molecule has 0 spiro atoms. The van der Waals surface area contributed by atoms with Crippen molar-refractivity contribution >= 4 is 5.95 Å². The van der Waals surface area contributed by atoms with Gasteiger partial charge in [-0.15, -0.1) is 0 Å². The molecule has 16 heavy (non-hydrogen) atoms. The smallest absolute Gasteiger partial charge is 0.222 e. The van der Waals surface area contributed by atoms with Crippen molar-refractivity contribution in [3.05, 3.63) is 18.0 Å². The van der Waals surface area contributed by atoms with Gasteiger partial charge in [-0.3, -0.25) is 0 Å². The van der Waals surface area contributed by atoms with Gasteiger partial charge in [-0.25, -0.2) is 9.97 Å². The van der Waals surface area contributed by atoms with Gasteiger partial charge in [0.1, 0.15) is 0 Å². The number of nitrogens with zero attached hydrogens (tertiary/aromatic N) is 2. The van der Waals surface area contributed by atoms with E-state index in [0.29, 0.717) is 12.0 Å². The first-order chi connectivity index (χ1) is 7.37. The van der Waals surface area contributed by atoms with Crippen LogP contribution in [-0.4, -0.2) is 21.5 Å². The molecule has 4 nitrogen and oxygen atoms in total. The number of hydrogen-bond donors (Lipinski definition) is 2. The Balaban J connectivity index is 2.51. The fourth-order valence-corrected chi connectivity index (χ4v) is 1.15. The molecule has 0 aliphatic heterocycles. The van der Waals surface area contributed by atoms with E-state index >= 15 is 0 Å². The lowest BCUT2D eigenvalue weighted by Gasteiger charge is -2.20. The second kappa shape index (κ2) is 5.25. The van der Waals surface area contributed by atoms with Crippen LogP contribution >= 0.6 is 0 Å². The number of rotatable bonds is 4. The van der Waals surface area contributed by atoms with Crippen molar-refractivity contribution in [2.24, 2.45) is 0 Å². The van der Waals surface area contributed by atoms with Crippen LogP contribution in [0.15, 0.2) is 12.4 Å². The summed E-state index contributed by atoms with van der Waals surface area (Å²) < 4.78 is 0. The second-order valence-corrected chi connectivity index (χ2v) is 5.32. The monoisotopic (exact) mass is 222 g/mol. The summed E-state index contributed by atoms with van der Waals surface area (Å²) in [6.45, 7) is 11.4. The minimum atomic E-state index is 0.120. The van der Waals surface area contributed by atoms with E-state index in [1.165, 1.54) is 0 Å². The molecule has 1 heterocycles. The molecular weight excluding hydrogens is 200 g/mol. The van der Waals surface area contributed by atoms with Crippen LogP contribution in [0.25, 0.3) is 0 Å². The van der Waals surface area contributed by atoms with Gasteiger partial charge in [-0.2, -0.15) is 0 Å². The predicted octanol–water partition coefficient (Wildman–Crippen LogP) is 2.18. The van der Waals surface area contributed by atoms with Crippen LogP contribution in [0.2, 0.25) is 0 Å². The number of aromatic nitrogens is 2. The van der Waals surface area contributed by atoms with Gasteiger partial charge in [-0.1, -0.05) is 0 Å². The molecule has 4 heteroatoms. The van der Waals surface area contributed by atoms with Gasteiger partial charge >= 0.3 is 0 Å². The lowest BCUT2D eigenvalue weighted by molar-refractivity contribution is 0.423. The largest absolute Gasteiger partial charge is 0.352 e. The molecule has 0 radical (unpaired) electrons. The van der Waals surface area contributed by atoms with E-state index in [1.807, 2.05) is 12.4 Å². The summed E-state index contributed by atoms with van der Waals surface area (Å²) in [6, 6.07) is 0.360. The molecular formula is C12H22N4. The summed E-state index contributed by atoms with van der Waals surface area (Å²) in [7, 11) is 0. The van der Waals surface area contributed by atoms with Crippen molar-refractivity contribution in [2.45, 2.75) is 52.7 Å². The van der Waals surface area contributed by atoms with Gasteiger partial charge in [0.25, 0.3) is 0 Å². The Kier molecular flexibility index (Phi) is 4.24. The number of hydrogen-bond acceptors (Lipinski definition) is 4. The fraction of sp³-hybridized carbons (Fsp3) is 0.667. The third-order valence-electron chi connectivity index (χ3n) is 1.95. The van der Waals surface area contributed by atoms with Gasteiger partial charge in [0, 0.05) is 36.1 Å². The minimum Gasteiger partial charge on any atom is -0.352 e. The Labute approximate surface area is 97.9 Å². The third kappa shape index (κ3) is 5.07. The van der Waals surface area contributed by atoms with Crippen LogP contribution in [0.5, 0.6) is 0 Å². The first kappa shape index (κ1) is 12.9. The van der Waals surface area contributed by atoms with Crippen molar-refractivity contribution in [1.82, 2.24) is 15.3 Å². The van der Waals surface area contributed by atoms with Crippen LogP contribution < -0.4 is 10.6 Å². The van der Waals surface area contributed by atoms with Crippen molar-refractivity contribution in [3.8, 4) is 0 Å². The zero-order valence-corrected chi connectivity index (χ0v) is 10.8. The van der Waals surface area contributed by atoms with Crippen molar-refractivity contribution in [2.75, 3.05) is 5.32 Å². The van der Waals surface area contributed by atoms with E-state index in [1.54, 1.807) is 0 Å². The second-order valence-electron chi connectivity index (χ2n) is 5.32. The molecule has 2 N–H and O–H groups in total. The molecule has 90 valence electrons. The highest BCUT2D eigenvalue weighted by atomic mass is 15.1. The van der Waals surface area contributed by atoms with Gasteiger partial charge in [-0.05, 0) is 34.6 Å².